The zero-order valence-electron chi connectivity index (χ0n) is 17.9. The van der Waals surface area contributed by atoms with Crippen molar-refractivity contribution in [2.24, 2.45) is 5.92 Å². The highest BCUT2D eigenvalue weighted by Crippen LogP contribution is 2.41. The van der Waals surface area contributed by atoms with Gasteiger partial charge in [-0.2, -0.15) is 0 Å². The van der Waals surface area contributed by atoms with Gasteiger partial charge < -0.3 is 14.7 Å². The van der Waals surface area contributed by atoms with Gasteiger partial charge in [0.1, 0.15) is 5.82 Å². The zero-order valence-corrected chi connectivity index (χ0v) is 18.7. The maximum atomic E-state index is 13.5. The van der Waals surface area contributed by atoms with E-state index in [0.717, 1.165) is 61.9 Å². The minimum atomic E-state index is -0.139. The van der Waals surface area contributed by atoms with Gasteiger partial charge in [-0.15, -0.1) is 11.8 Å². The van der Waals surface area contributed by atoms with Crippen molar-refractivity contribution in [3.63, 3.8) is 0 Å². The van der Waals surface area contributed by atoms with Crippen molar-refractivity contribution in [3.05, 3.63) is 59.9 Å². The van der Waals surface area contributed by atoms with Crippen molar-refractivity contribution in [1.29, 1.82) is 0 Å². The van der Waals surface area contributed by atoms with E-state index in [-0.39, 0.29) is 11.7 Å². The lowest BCUT2D eigenvalue weighted by atomic mass is 9.94. The molecule has 0 atom stereocenters. The van der Waals surface area contributed by atoms with Gasteiger partial charge in [-0.25, -0.2) is 4.39 Å². The number of amides is 1. The number of thioether (sulfide) groups is 1. The fourth-order valence-electron chi connectivity index (χ4n) is 5.21. The highest BCUT2D eigenvalue weighted by atomic mass is 32.2. The third-order valence-corrected chi connectivity index (χ3v) is 8.07. The standard InChI is InChI=1S/C25H30FN3OS/c26-21-6-7-23-24(16-21)31-18-29(23)22-10-12-27(13-11-22)17-19-8-14-28(15-9-19)25(30)20-4-2-1-3-5-20/h1-7,16,19,22H,8-15,17-18H2. The third kappa shape index (κ3) is 4.60. The molecule has 0 aliphatic carbocycles. The van der Waals surface area contributed by atoms with E-state index in [9.17, 15) is 9.18 Å². The number of hydrogen-bond acceptors (Lipinski definition) is 4. The lowest BCUT2D eigenvalue weighted by molar-refractivity contribution is 0.0658. The summed E-state index contributed by atoms with van der Waals surface area (Å²) >= 11 is 1.75. The molecule has 0 saturated carbocycles. The second kappa shape index (κ2) is 9.21. The van der Waals surface area contributed by atoms with Gasteiger partial charge in [0.2, 0.25) is 0 Å². The fraction of sp³-hybridized carbons (Fsp3) is 0.480. The number of rotatable bonds is 4. The van der Waals surface area contributed by atoms with Crippen molar-refractivity contribution in [2.45, 2.75) is 36.6 Å². The first-order valence-electron chi connectivity index (χ1n) is 11.4. The molecule has 31 heavy (non-hydrogen) atoms. The first kappa shape index (κ1) is 20.8. The summed E-state index contributed by atoms with van der Waals surface area (Å²) in [6.07, 6.45) is 4.53. The van der Waals surface area contributed by atoms with Crippen molar-refractivity contribution < 1.29 is 9.18 Å². The molecule has 0 unspecified atom stereocenters. The van der Waals surface area contributed by atoms with Crippen molar-refractivity contribution >= 4 is 23.4 Å². The Bertz CT molecular complexity index is 908. The van der Waals surface area contributed by atoms with Crippen LogP contribution in [0.2, 0.25) is 0 Å². The van der Waals surface area contributed by atoms with E-state index in [1.807, 2.05) is 41.3 Å². The number of carbonyl (C=O) groups excluding carboxylic acids is 1. The van der Waals surface area contributed by atoms with E-state index in [4.69, 9.17) is 0 Å². The molecule has 0 aromatic heterocycles. The molecule has 2 aromatic rings. The van der Waals surface area contributed by atoms with E-state index in [1.54, 1.807) is 23.9 Å². The monoisotopic (exact) mass is 439 g/mol. The van der Waals surface area contributed by atoms with Crippen LogP contribution < -0.4 is 4.90 Å². The summed E-state index contributed by atoms with van der Waals surface area (Å²) < 4.78 is 13.5. The predicted octanol–water partition coefficient (Wildman–Crippen LogP) is 4.71. The van der Waals surface area contributed by atoms with Crippen LogP contribution in [0.1, 0.15) is 36.0 Å². The van der Waals surface area contributed by atoms with Crippen LogP contribution in [0.15, 0.2) is 53.4 Å². The number of nitrogens with zero attached hydrogens (tertiary/aromatic N) is 3. The Balaban J connectivity index is 1.08. The fourth-order valence-corrected chi connectivity index (χ4v) is 6.37. The summed E-state index contributed by atoms with van der Waals surface area (Å²) in [5.74, 6) is 1.66. The van der Waals surface area contributed by atoms with Crippen LogP contribution in [0.3, 0.4) is 0 Å². The van der Waals surface area contributed by atoms with Crippen LogP contribution >= 0.6 is 11.8 Å². The molecular formula is C25H30FN3OS. The molecule has 0 N–H and O–H groups in total. The number of likely N-dealkylation sites (tertiary alicyclic amines) is 2. The molecule has 3 aliphatic heterocycles. The van der Waals surface area contributed by atoms with E-state index in [1.165, 1.54) is 18.5 Å². The van der Waals surface area contributed by atoms with Gasteiger partial charge in [-0.1, -0.05) is 18.2 Å². The second-order valence-corrected chi connectivity index (χ2v) is 9.98. The number of piperidine rings is 2. The molecule has 6 heteroatoms. The second-order valence-electron chi connectivity index (χ2n) is 8.99. The van der Waals surface area contributed by atoms with Crippen LogP contribution in [0, 0.1) is 11.7 Å². The molecule has 2 fully saturated rings. The maximum Gasteiger partial charge on any atom is 0.253 e. The third-order valence-electron chi connectivity index (χ3n) is 7.03. The number of fused-ring (bicyclic) bond motifs is 1. The van der Waals surface area contributed by atoms with Gasteiger partial charge in [-0.05, 0) is 61.9 Å². The molecule has 0 spiro atoms. The van der Waals surface area contributed by atoms with Gasteiger partial charge in [-0.3, -0.25) is 4.79 Å². The number of halogens is 1. The van der Waals surface area contributed by atoms with E-state index in [0.29, 0.717) is 12.0 Å². The molecular weight excluding hydrogens is 409 g/mol. The smallest absolute Gasteiger partial charge is 0.253 e. The molecule has 3 aliphatic rings. The summed E-state index contributed by atoms with van der Waals surface area (Å²) in [6, 6.07) is 15.4. The van der Waals surface area contributed by atoms with Crippen LogP contribution in [0.5, 0.6) is 0 Å². The zero-order chi connectivity index (χ0) is 21.2. The normalized spacial score (nSPS) is 20.8. The summed E-state index contributed by atoms with van der Waals surface area (Å²) in [5, 5.41) is 0. The molecule has 3 heterocycles. The summed E-state index contributed by atoms with van der Waals surface area (Å²) in [5.41, 5.74) is 2.01. The lowest BCUT2D eigenvalue weighted by Gasteiger charge is -2.40. The van der Waals surface area contributed by atoms with Crippen LogP contribution in [0.4, 0.5) is 10.1 Å². The van der Waals surface area contributed by atoms with Gasteiger partial charge in [0.25, 0.3) is 5.91 Å². The quantitative estimate of drug-likeness (QED) is 0.689. The molecule has 4 nitrogen and oxygen atoms in total. The van der Waals surface area contributed by atoms with E-state index >= 15 is 0 Å². The summed E-state index contributed by atoms with van der Waals surface area (Å²) in [7, 11) is 0. The summed E-state index contributed by atoms with van der Waals surface area (Å²) in [4.78, 5) is 20.8. The molecule has 164 valence electrons. The minimum Gasteiger partial charge on any atom is -0.358 e. The molecule has 1 amide bonds. The number of hydrogen-bond donors (Lipinski definition) is 0. The Morgan fingerprint density at radius 1 is 0.968 bits per heavy atom. The van der Waals surface area contributed by atoms with Crippen LogP contribution in [-0.4, -0.2) is 60.3 Å². The minimum absolute atomic E-state index is 0.139. The Kier molecular flexibility index (Phi) is 6.19. The molecule has 2 saturated heterocycles. The van der Waals surface area contributed by atoms with E-state index in [2.05, 4.69) is 9.80 Å². The number of benzene rings is 2. The highest BCUT2D eigenvalue weighted by molar-refractivity contribution is 7.99. The van der Waals surface area contributed by atoms with Gasteiger partial charge in [0.05, 0.1) is 11.6 Å². The van der Waals surface area contributed by atoms with Crippen LogP contribution in [-0.2, 0) is 0 Å². The largest absolute Gasteiger partial charge is 0.358 e. The summed E-state index contributed by atoms with van der Waals surface area (Å²) in [6.45, 7) is 5.15. The number of carbonyl (C=O) groups is 1. The molecule has 0 radical (unpaired) electrons. The Morgan fingerprint density at radius 3 is 2.45 bits per heavy atom. The maximum absolute atomic E-state index is 13.5. The van der Waals surface area contributed by atoms with Crippen molar-refractivity contribution in [1.82, 2.24) is 9.80 Å². The van der Waals surface area contributed by atoms with Crippen molar-refractivity contribution in [3.8, 4) is 0 Å². The van der Waals surface area contributed by atoms with Gasteiger partial charge in [0.15, 0.2) is 0 Å². The Morgan fingerprint density at radius 2 is 1.71 bits per heavy atom. The Hall–Kier alpha value is -2.05. The average Bonchev–Trinajstić information content (AvgIpc) is 3.23. The molecule has 0 bridgehead atoms. The first-order valence-corrected chi connectivity index (χ1v) is 12.4. The first-order chi connectivity index (χ1) is 15.2. The van der Waals surface area contributed by atoms with Gasteiger partial charge >= 0.3 is 0 Å². The SMILES string of the molecule is O=C(c1ccccc1)N1CCC(CN2CCC(N3CSc4cc(F)ccc43)CC2)CC1. The predicted molar refractivity (Wildman–Crippen MR) is 124 cm³/mol. The topological polar surface area (TPSA) is 26.8 Å². The van der Waals surface area contributed by atoms with E-state index < -0.39 is 0 Å². The molecule has 5 rings (SSSR count). The van der Waals surface area contributed by atoms with Crippen molar-refractivity contribution in [2.75, 3.05) is 43.5 Å². The highest BCUT2D eigenvalue weighted by Gasteiger charge is 2.31. The van der Waals surface area contributed by atoms with Gasteiger partial charge in [0, 0.05) is 49.2 Å². The molecule has 2 aromatic carbocycles. The average molecular weight is 440 g/mol. The Labute approximate surface area is 188 Å². The van der Waals surface area contributed by atoms with Crippen LogP contribution in [0.25, 0.3) is 0 Å². The lowest BCUT2D eigenvalue weighted by Crippen LogP contribution is -2.47. The number of anilines is 1.